The van der Waals surface area contributed by atoms with E-state index in [0.717, 1.165) is 23.1 Å². The highest BCUT2D eigenvalue weighted by atomic mass is 19.4. The Labute approximate surface area is 147 Å². The lowest BCUT2D eigenvalue weighted by Crippen LogP contribution is -2.21. The van der Waals surface area contributed by atoms with Crippen molar-refractivity contribution in [1.29, 1.82) is 0 Å². The maximum atomic E-state index is 13.2. The van der Waals surface area contributed by atoms with E-state index in [4.69, 9.17) is 0 Å². The molecule has 1 aliphatic heterocycles. The Morgan fingerprint density at radius 3 is 2.54 bits per heavy atom. The van der Waals surface area contributed by atoms with Crippen LogP contribution in [-0.2, 0) is 18.0 Å². The summed E-state index contributed by atoms with van der Waals surface area (Å²) in [5.74, 6) is -0.351. The molecule has 1 aliphatic rings. The largest absolute Gasteiger partial charge is 0.434 e. The third-order valence-corrected chi connectivity index (χ3v) is 4.77. The van der Waals surface area contributed by atoms with Gasteiger partial charge in [-0.05, 0) is 23.8 Å². The van der Waals surface area contributed by atoms with E-state index >= 15 is 0 Å². The smallest absolute Gasteiger partial charge is 0.383 e. The normalized spacial score (nSPS) is 15.9. The molecule has 4 rings (SSSR count). The van der Waals surface area contributed by atoms with Crippen LogP contribution in [0.5, 0.6) is 0 Å². The van der Waals surface area contributed by atoms with Gasteiger partial charge in [-0.3, -0.25) is 0 Å². The monoisotopic (exact) mass is 363 g/mol. The van der Waals surface area contributed by atoms with E-state index in [1.807, 2.05) is 19.9 Å². The van der Waals surface area contributed by atoms with Crippen molar-refractivity contribution in [2.24, 2.45) is 0 Å². The molecule has 0 atom stereocenters. The predicted octanol–water partition coefficient (Wildman–Crippen LogP) is 4.79. The molecule has 0 radical (unpaired) electrons. The van der Waals surface area contributed by atoms with Crippen LogP contribution in [0.4, 0.5) is 23.2 Å². The molecule has 1 aromatic carbocycles. The Morgan fingerprint density at radius 2 is 1.88 bits per heavy atom. The summed E-state index contributed by atoms with van der Waals surface area (Å²) in [5, 5.41) is 3.28. The quantitative estimate of drug-likeness (QED) is 0.664. The number of rotatable bonds is 2. The third-order valence-electron chi connectivity index (χ3n) is 4.77. The van der Waals surface area contributed by atoms with Crippen LogP contribution < -0.4 is 5.32 Å². The number of nitrogens with zero attached hydrogens (tertiary/aromatic N) is 2. The summed E-state index contributed by atoms with van der Waals surface area (Å²) in [6.07, 6.45) is -3.08. The number of benzene rings is 1. The van der Waals surface area contributed by atoms with Crippen molar-refractivity contribution in [2.45, 2.75) is 31.9 Å². The summed E-state index contributed by atoms with van der Waals surface area (Å²) >= 11 is 0. The lowest BCUT2D eigenvalue weighted by Gasteiger charge is -2.19. The second-order valence-electron chi connectivity index (χ2n) is 7.29. The standard InChI is InChI=1S/C19H17F4N3/c1-18(2)10-24-14-8-12(7-11-3-5-13(20)6-4-11)17-25-15(19(21,22)23)9-26(17)16(14)18/h3-6,8-9,24H,7,10H2,1-2H3. The van der Waals surface area contributed by atoms with Crippen molar-refractivity contribution in [3.05, 3.63) is 64.9 Å². The average Bonchev–Trinajstić information content (AvgIpc) is 3.11. The molecule has 0 saturated carbocycles. The molecule has 136 valence electrons. The van der Waals surface area contributed by atoms with E-state index in [1.54, 1.807) is 16.5 Å². The molecule has 0 saturated heterocycles. The number of aromatic nitrogens is 2. The molecule has 0 amide bonds. The number of nitrogens with one attached hydrogen (secondary N) is 1. The minimum absolute atomic E-state index is 0.289. The fraction of sp³-hybridized carbons (Fsp3) is 0.316. The molecule has 3 heterocycles. The van der Waals surface area contributed by atoms with Gasteiger partial charge in [0.25, 0.3) is 0 Å². The van der Waals surface area contributed by atoms with Gasteiger partial charge >= 0.3 is 6.18 Å². The third kappa shape index (κ3) is 2.71. The topological polar surface area (TPSA) is 29.3 Å². The van der Waals surface area contributed by atoms with Crippen molar-refractivity contribution in [1.82, 2.24) is 9.38 Å². The van der Waals surface area contributed by atoms with Crippen molar-refractivity contribution in [2.75, 3.05) is 11.9 Å². The predicted molar refractivity (Wildman–Crippen MR) is 90.9 cm³/mol. The molecular weight excluding hydrogens is 346 g/mol. The average molecular weight is 363 g/mol. The van der Waals surface area contributed by atoms with E-state index in [9.17, 15) is 17.6 Å². The zero-order valence-electron chi connectivity index (χ0n) is 14.3. The van der Waals surface area contributed by atoms with Gasteiger partial charge in [-0.1, -0.05) is 26.0 Å². The summed E-state index contributed by atoms with van der Waals surface area (Å²) in [5.41, 5.74) is 2.14. The van der Waals surface area contributed by atoms with E-state index in [0.29, 0.717) is 18.5 Å². The molecule has 2 aromatic heterocycles. The molecule has 0 spiro atoms. The lowest BCUT2D eigenvalue weighted by molar-refractivity contribution is -0.140. The van der Waals surface area contributed by atoms with Gasteiger partial charge in [-0.25, -0.2) is 9.37 Å². The Kier molecular flexibility index (Phi) is 3.54. The van der Waals surface area contributed by atoms with E-state index in [1.165, 1.54) is 12.1 Å². The number of hydrogen-bond donors (Lipinski definition) is 1. The zero-order chi connectivity index (χ0) is 18.7. The fourth-order valence-corrected chi connectivity index (χ4v) is 3.53. The number of alkyl halides is 3. The second kappa shape index (κ2) is 5.46. The van der Waals surface area contributed by atoms with E-state index in [2.05, 4.69) is 10.3 Å². The van der Waals surface area contributed by atoms with Crippen molar-refractivity contribution in [3.63, 3.8) is 0 Å². The number of anilines is 1. The zero-order valence-corrected chi connectivity index (χ0v) is 14.3. The van der Waals surface area contributed by atoms with Crippen molar-refractivity contribution >= 4 is 11.3 Å². The summed E-state index contributed by atoms with van der Waals surface area (Å²) in [4.78, 5) is 3.88. The Hall–Kier alpha value is -2.57. The van der Waals surface area contributed by atoms with Crippen LogP contribution in [0.1, 0.15) is 36.4 Å². The number of imidazole rings is 1. The SMILES string of the molecule is CC1(C)CNc2cc(Cc3ccc(F)cc3)c3nc(C(F)(F)F)cn3c21. The lowest BCUT2D eigenvalue weighted by atomic mass is 9.90. The van der Waals surface area contributed by atoms with Gasteiger partial charge in [0.15, 0.2) is 5.69 Å². The van der Waals surface area contributed by atoms with Crippen molar-refractivity contribution < 1.29 is 17.6 Å². The summed E-state index contributed by atoms with van der Waals surface area (Å²) in [6, 6.07) is 7.80. The van der Waals surface area contributed by atoms with Crippen LogP contribution in [-0.4, -0.2) is 15.9 Å². The van der Waals surface area contributed by atoms with Gasteiger partial charge in [0.05, 0.1) is 11.4 Å². The highest BCUT2D eigenvalue weighted by Gasteiger charge is 2.38. The minimum atomic E-state index is -4.51. The first-order valence-electron chi connectivity index (χ1n) is 8.26. The number of halogens is 4. The van der Waals surface area contributed by atoms with E-state index in [-0.39, 0.29) is 16.9 Å². The summed E-state index contributed by atoms with van der Waals surface area (Å²) in [6.45, 7) is 4.60. The number of fused-ring (bicyclic) bond motifs is 3. The second-order valence-corrected chi connectivity index (χ2v) is 7.29. The van der Waals surface area contributed by atoms with Crippen LogP contribution >= 0.6 is 0 Å². The Morgan fingerprint density at radius 1 is 1.19 bits per heavy atom. The van der Waals surface area contributed by atoms with Gasteiger partial charge < -0.3 is 9.72 Å². The fourth-order valence-electron chi connectivity index (χ4n) is 3.53. The van der Waals surface area contributed by atoms with Crippen molar-refractivity contribution in [3.8, 4) is 0 Å². The molecule has 26 heavy (non-hydrogen) atoms. The van der Waals surface area contributed by atoms with Crippen LogP contribution in [0.25, 0.3) is 5.65 Å². The van der Waals surface area contributed by atoms with Crippen LogP contribution in [0, 0.1) is 5.82 Å². The first-order valence-corrected chi connectivity index (χ1v) is 8.26. The molecular formula is C19H17F4N3. The molecule has 0 fully saturated rings. The highest BCUT2D eigenvalue weighted by Crippen LogP contribution is 2.40. The van der Waals surface area contributed by atoms with Gasteiger partial charge in [-0.2, -0.15) is 13.2 Å². The molecule has 1 N–H and O–H groups in total. The summed E-state index contributed by atoms with van der Waals surface area (Å²) < 4.78 is 54.4. The van der Waals surface area contributed by atoms with Gasteiger partial charge in [0.1, 0.15) is 11.5 Å². The van der Waals surface area contributed by atoms with Crippen LogP contribution in [0.15, 0.2) is 36.5 Å². The first-order chi connectivity index (χ1) is 12.1. The first kappa shape index (κ1) is 16.9. The van der Waals surface area contributed by atoms with E-state index < -0.39 is 11.9 Å². The Bertz CT molecular complexity index is 985. The maximum absolute atomic E-state index is 13.2. The van der Waals surface area contributed by atoms with Crippen LogP contribution in [0.3, 0.4) is 0 Å². The number of hydrogen-bond acceptors (Lipinski definition) is 2. The maximum Gasteiger partial charge on any atom is 0.434 e. The van der Waals surface area contributed by atoms with Gasteiger partial charge in [-0.15, -0.1) is 0 Å². The molecule has 0 bridgehead atoms. The van der Waals surface area contributed by atoms with Gasteiger partial charge in [0, 0.05) is 30.1 Å². The van der Waals surface area contributed by atoms with Gasteiger partial charge in [0.2, 0.25) is 0 Å². The minimum Gasteiger partial charge on any atom is -0.383 e. The summed E-state index contributed by atoms with van der Waals surface area (Å²) in [7, 11) is 0. The molecule has 3 nitrogen and oxygen atoms in total. The molecule has 3 aromatic rings. The number of pyridine rings is 1. The Balaban J connectivity index is 1.92. The molecule has 7 heteroatoms. The molecule has 0 unspecified atom stereocenters. The molecule has 0 aliphatic carbocycles. The highest BCUT2D eigenvalue weighted by molar-refractivity contribution is 5.67. The van der Waals surface area contributed by atoms with Crippen LogP contribution in [0.2, 0.25) is 0 Å².